The van der Waals surface area contributed by atoms with Gasteiger partial charge in [0.25, 0.3) is 0 Å². The quantitative estimate of drug-likeness (QED) is 0.742. The molecule has 0 unspecified atom stereocenters. The minimum absolute atomic E-state index is 0.00291. The number of hydrogen-bond acceptors (Lipinski definition) is 2. The number of hydrogen-bond donors (Lipinski definition) is 0. The van der Waals surface area contributed by atoms with Crippen molar-refractivity contribution in [3.05, 3.63) is 0 Å². The Hall–Kier alpha value is -0.730. The maximum absolute atomic E-state index is 13.5. The molecule has 1 atom stereocenters. The van der Waals surface area contributed by atoms with Crippen molar-refractivity contribution in [3.8, 4) is 0 Å². The molecule has 0 fully saturated rings. The lowest BCUT2D eigenvalue weighted by Gasteiger charge is -2.21. The van der Waals surface area contributed by atoms with Crippen molar-refractivity contribution >= 4 is 11.6 Å². The van der Waals surface area contributed by atoms with Crippen LogP contribution in [0.2, 0.25) is 0 Å². The second-order valence-electron chi connectivity index (χ2n) is 6.29. The third kappa shape index (κ3) is 4.86. The zero-order valence-electron chi connectivity index (χ0n) is 11.2. The van der Waals surface area contributed by atoms with Crippen molar-refractivity contribution in [2.24, 2.45) is 10.8 Å². The summed E-state index contributed by atoms with van der Waals surface area (Å²) in [6.45, 7) is 10.5. The Labute approximate surface area is 97.6 Å². The number of rotatable bonds is 4. The second-order valence-corrected chi connectivity index (χ2v) is 6.29. The highest BCUT2D eigenvalue weighted by atomic mass is 19.1. The summed E-state index contributed by atoms with van der Waals surface area (Å²) in [5, 5.41) is 0. The number of alkyl halides is 1. The average Bonchev–Trinajstić information content (AvgIpc) is 2.09. The fraction of sp³-hybridized carbons (Fsp3) is 0.846. The van der Waals surface area contributed by atoms with Gasteiger partial charge in [-0.25, -0.2) is 4.39 Å². The monoisotopic (exact) mass is 230 g/mol. The minimum atomic E-state index is -1.52. The van der Waals surface area contributed by atoms with E-state index in [1.807, 2.05) is 0 Å². The van der Waals surface area contributed by atoms with Gasteiger partial charge in [-0.1, -0.05) is 41.5 Å². The molecule has 0 rings (SSSR count). The molecule has 0 bridgehead atoms. The molecule has 0 radical (unpaired) electrons. The van der Waals surface area contributed by atoms with E-state index in [1.54, 1.807) is 41.5 Å². The molecule has 0 aromatic rings. The topological polar surface area (TPSA) is 34.1 Å². The van der Waals surface area contributed by atoms with Gasteiger partial charge in [-0.05, 0) is 6.42 Å². The number of Topliss-reactive ketones (excluding diaryl/α,β-unsaturated/α-hetero) is 2. The van der Waals surface area contributed by atoms with E-state index in [2.05, 4.69) is 0 Å². The summed E-state index contributed by atoms with van der Waals surface area (Å²) in [6.07, 6.45) is -1.38. The molecule has 0 aromatic carbocycles. The predicted molar refractivity (Wildman–Crippen MR) is 63.1 cm³/mol. The lowest BCUT2D eigenvalue weighted by atomic mass is 9.84. The normalized spacial score (nSPS) is 14.7. The van der Waals surface area contributed by atoms with Crippen molar-refractivity contribution in [2.75, 3.05) is 0 Å². The molecule has 0 heterocycles. The van der Waals surface area contributed by atoms with Crippen molar-refractivity contribution in [1.82, 2.24) is 0 Å². The van der Waals surface area contributed by atoms with Crippen LogP contribution in [0, 0.1) is 10.8 Å². The van der Waals surface area contributed by atoms with E-state index >= 15 is 0 Å². The largest absolute Gasteiger partial charge is 0.299 e. The van der Waals surface area contributed by atoms with Crippen LogP contribution < -0.4 is 0 Å². The number of carbonyl (C=O) groups is 2. The van der Waals surface area contributed by atoms with Gasteiger partial charge >= 0.3 is 0 Å². The third-order valence-electron chi connectivity index (χ3n) is 2.49. The van der Waals surface area contributed by atoms with Crippen LogP contribution in [0.4, 0.5) is 4.39 Å². The summed E-state index contributed by atoms with van der Waals surface area (Å²) in [5.74, 6) is -0.425. The van der Waals surface area contributed by atoms with Crippen LogP contribution in [-0.4, -0.2) is 17.7 Å². The molecule has 94 valence electrons. The fourth-order valence-corrected chi connectivity index (χ4v) is 1.23. The van der Waals surface area contributed by atoms with Gasteiger partial charge in [0.1, 0.15) is 5.78 Å². The highest BCUT2D eigenvalue weighted by Crippen LogP contribution is 2.23. The smallest absolute Gasteiger partial charge is 0.172 e. The molecule has 0 spiro atoms. The van der Waals surface area contributed by atoms with Crippen molar-refractivity contribution < 1.29 is 14.0 Å². The van der Waals surface area contributed by atoms with Gasteiger partial charge in [-0.2, -0.15) is 0 Å². The molecule has 0 saturated carbocycles. The maximum atomic E-state index is 13.5. The minimum Gasteiger partial charge on any atom is -0.299 e. The molecule has 0 aromatic heterocycles. The van der Waals surface area contributed by atoms with Crippen LogP contribution in [-0.2, 0) is 9.59 Å². The Morgan fingerprint density at radius 2 is 1.44 bits per heavy atom. The first-order valence-corrected chi connectivity index (χ1v) is 5.68. The Balaban J connectivity index is 4.25. The number of carbonyl (C=O) groups excluding carboxylic acids is 2. The van der Waals surface area contributed by atoms with Gasteiger partial charge in [0.2, 0.25) is 0 Å². The predicted octanol–water partition coefficient (Wildman–Crippen LogP) is 3.34. The lowest BCUT2D eigenvalue weighted by Crippen LogP contribution is -2.31. The van der Waals surface area contributed by atoms with Crippen LogP contribution in [0.5, 0.6) is 0 Å². The van der Waals surface area contributed by atoms with Gasteiger partial charge in [-0.3, -0.25) is 9.59 Å². The second kappa shape index (κ2) is 5.07. The van der Waals surface area contributed by atoms with Gasteiger partial charge in [-0.15, -0.1) is 0 Å². The molecular formula is C13H23FO2. The van der Waals surface area contributed by atoms with E-state index in [4.69, 9.17) is 0 Å². The first-order valence-electron chi connectivity index (χ1n) is 5.68. The molecule has 0 aliphatic rings. The van der Waals surface area contributed by atoms with E-state index < -0.39 is 22.8 Å². The molecule has 16 heavy (non-hydrogen) atoms. The van der Waals surface area contributed by atoms with Crippen LogP contribution in [0.3, 0.4) is 0 Å². The standard InChI is InChI=1S/C13H23FO2/c1-12(2,3)10(15)8-7-9(14)11(16)13(4,5)6/h9H,7-8H2,1-6H3/t9-/m0/s1. The molecule has 3 heteroatoms. The van der Waals surface area contributed by atoms with E-state index in [1.165, 1.54) is 0 Å². The van der Waals surface area contributed by atoms with Crippen LogP contribution in [0.1, 0.15) is 54.4 Å². The zero-order valence-corrected chi connectivity index (χ0v) is 11.2. The zero-order chi connectivity index (χ0) is 13.1. The highest BCUT2D eigenvalue weighted by molar-refractivity contribution is 5.89. The van der Waals surface area contributed by atoms with E-state index in [-0.39, 0.29) is 18.6 Å². The van der Waals surface area contributed by atoms with E-state index in [0.29, 0.717) is 0 Å². The fourth-order valence-electron chi connectivity index (χ4n) is 1.23. The molecule has 0 saturated heterocycles. The van der Waals surface area contributed by atoms with E-state index in [9.17, 15) is 14.0 Å². The van der Waals surface area contributed by atoms with Crippen LogP contribution >= 0.6 is 0 Å². The number of halogens is 1. The summed E-state index contributed by atoms with van der Waals surface area (Å²) in [4.78, 5) is 23.1. The van der Waals surface area contributed by atoms with Crippen molar-refractivity contribution in [3.63, 3.8) is 0 Å². The lowest BCUT2D eigenvalue weighted by molar-refractivity contribution is -0.132. The molecule has 0 aliphatic heterocycles. The Kier molecular flexibility index (Phi) is 4.84. The summed E-state index contributed by atoms with van der Waals surface area (Å²) in [7, 11) is 0. The summed E-state index contributed by atoms with van der Waals surface area (Å²) in [5.41, 5.74) is -1.13. The Bertz CT molecular complexity index is 269. The first-order chi connectivity index (χ1) is 6.96. The molecule has 2 nitrogen and oxygen atoms in total. The van der Waals surface area contributed by atoms with Gasteiger partial charge in [0, 0.05) is 17.3 Å². The number of ketones is 2. The molecule has 0 N–H and O–H groups in total. The Morgan fingerprint density at radius 1 is 1.00 bits per heavy atom. The highest BCUT2D eigenvalue weighted by Gasteiger charge is 2.31. The van der Waals surface area contributed by atoms with Crippen molar-refractivity contribution in [2.45, 2.75) is 60.6 Å². The van der Waals surface area contributed by atoms with Crippen LogP contribution in [0.25, 0.3) is 0 Å². The summed E-state index contributed by atoms with van der Waals surface area (Å²) >= 11 is 0. The van der Waals surface area contributed by atoms with Crippen LogP contribution in [0.15, 0.2) is 0 Å². The molecular weight excluding hydrogens is 207 g/mol. The third-order valence-corrected chi connectivity index (χ3v) is 2.49. The van der Waals surface area contributed by atoms with Gasteiger partial charge in [0.05, 0.1) is 0 Å². The van der Waals surface area contributed by atoms with Gasteiger partial charge < -0.3 is 0 Å². The Morgan fingerprint density at radius 3 is 1.75 bits per heavy atom. The van der Waals surface area contributed by atoms with Crippen molar-refractivity contribution in [1.29, 1.82) is 0 Å². The van der Waals surface area contributed by atoms with Gasteiger partial charge in [0.15, 0.2) is 12.0 Å². The first kappa shape index (κ1) is 15.3. The summed E-state index contributed by atoms with van der Waals surface area (Å²) < 4.78 is 13.5. The SMILES string of the molecule is CC(C)(C)C(=O)CC[C@H](F)C(=O)C(C)(C)C. The maximum Gasteiger partial charge on any atom is 0.172 e. The molecule has 0 amide bonds. The average molecular weight is 230 g/mol. The van der Waals surface area contributed by atoms with E-state index in [0.717, 1.165) is 0 Å². The summed E-state index contributed by atoms with van der Waals surface area (Å²) in [6, 6.07) is 0. The molecule has 0 aliphatic carbocycles.